The molecule has 0 saturated heterocycles. The molecule has 0 heterocycles. The minimum absolute atomic E-state index is 0.174. The highest BCUT2D eigenvalue weighted by Crippen LogP contribution is 2.24. The predicted molar refractivity (Wildman–Crippen MR) is 85.8 cm³/mol. The Morgan fingerprint density at radius 1 is 1.26 bits per heavy atom. The van der Waals surface area contributed by atoms with Crippen molar-refractivity contribution in [2.75, 3.05) is 5.75 Å². The van der Waals surface area contributed by atoms with Crippen molar-refractivity contribution >= 4 is 11.8 Å². The normalized spacial score (nSPS) is 14.3. The molecule has 108 valence electrons. The van der Waals surface area contributed by atoms with Crippen molar-refractivity contribution in [2.45, 2.75) is 63.9 Å². The van der Waals surface area contributed by atoms with Crippen molar-refractivity contribution in [3.63, 3.8) is 0 Å². The lowest BCUT2D eigenvalue weighted by molar-refractivity contribution is 0.159. The molecule has 2 atom stereocenters. The second kappa shape index (κ2) is 9.44. The Bertz CT molecular complexity index is 351. The Morgan fingerprint density at radius 2 is 2.05 bits per heavy atom. The number of unbranched alkanes of at least 4 members (excludes halogenated alkanes) is 1. The molecule has 0 aromatic heterocycles. The van der Waals surface area contributed by atoms with Gasteiger partial charge in [-0.1, -0.05) is 57.2 Å². The molecule has 1 aromatic rings. The number of aliphatic hydroxyl groups is 1. The number of rotatable bonds is 9. The SMILES string of the molecule is CCCCC(CC)CC(O)CSc1cccc(C)c1. The van der Waals surface area contributed by atoms with Gasteiger partial charge in [-0.05, 0) is 31.4 Å². The molecule has 0 radical (unpaired) electrons. The van der Waals surface area contributed by atoms with E-state index in [0.29, 0.717) is 5.92 Å². The Kier molecular flexibility index (Phi) is 8.24. The van der Waals surface area contributed by atoms with Gasteiger partial charge < -0.3 is 5.11 Å². The van der Waals surface area contributed by atoms with Crippen LogP contribution in [0, 0.1) is 12.8 Å². The lowest BCUT2D eigenvalue weighted by Crippen LogP contribution is -2.15. The van der Waals surface area contributed by atoms with Crippen LogP contribution in [-0.4, -0.2) is 17.0 Å². The van der Waals surface area contributed by atoms with Crippen LogP contribution in [0.25, 0.3) is 0 Å². The van der Waals surface area contributed by atoms with E-state index in [4.69, 9.17) is 0 Å². The molecule has 0 bridgehead atoms. The number of hydrogen-bond acceptors (Lipinski definition) is 2. The average Bonchev–Trinajstić information content (AvgIpc) is 2.41. The fourth-order valence-electron chi connectivity index (χ4n) is 2.33. The topological polar surface area (TPSA) is 20.2 Å². The summed E-state index contributed by atoms with van der Waals surface area (Å²) in [5.74, 6) is 1.50. The molecule has 1 rings (SSSR count). The third-order valence-electron chi connectivity index (χ3n) is 3.58. The van der Waals surface area contributed by atoms with Gasteiger partial charge in [-0.3, -0.25) is 0 Å². The van der Waals surface area contributed by atoms with Crippen molar-refractivity contribution in [1.29, 1.82) is 0 Å². The molecular weight excluding hydrogens is 252 g/mol. The van der Waals surface area contributed by atoms with Crippen molar-refractivity contribution < 1.29 is 5.11 Å². The number of hydrogen-bond donors (Lipinski definition) is 1. The zero-order valence-corrected chi connectivity index (χ0v) is 13.4. The highest BCUT2D eigenvalue weighted by atomic mass is 32.2. The Labute approximate surface area is 122 Å². The van der Waals surface area contributed by atoms with Crippen molar-refractivity contribution in [3.05, 3.63) is 29.8 Å². The van der Waals surface area contributed by atoms with E-state index in [1.807, 2.05) is 0 Å². The molecule has 1 aromatic carbocycles. The summed E-state index contributed by atoms with van der Waals surface area (Å²) in [5, 5.41) is 10.2. The smallest absolute Gasteiger partial charge is 0.0636 e. The maximum Gasteiger partial charge on any atom is 0.0636 e. The van der Waals surface area contributed by atoms with E-state index in [0.717, 1.165) is 12.2 Å². The van der Waals surface area contributed by atoms with E-state index in [2.05, 4.69) is 45.0 Å². The van der Waals surface area contributed by atoms with E-state index in [1.165, 1.54) is 36.1 Å². The zero-order chi connectivity index (χ0) is 14.1. The van der Waals surface area contributed by atoms with Crippen LogP contribution in [0.2, 0.25) is 0 Å². The van der Waals surface area contributed by atoms with E-state index < -0.39 is 0 Å². The molecule has 0 aliphatic heterocycles. The highest BCUT2D eigenvalue weighted by Gasteiger charge is 2.13. The standard InChI is InChI=1S/C17H28OS/c1-4-6-9-15(5-2)12-16(18)13-19-17-10-7-8-14(3)11-17/h7-8,10-11,15-16,18H,4-6,9,12-13H2,1-3H3. The van der Waals surface area contributed by atoms with Gasteiger partial charge in [-0.2, -0.15) is 0 Å². The lowest BCUT2D eigenvalue weighted by atomic mass is 9.94. The predicted octanol–water partition coefficient (Wildman–Crippen LogP) is 5.05. The Hall–Kier alpha value is -0.470. The summed E-state index contributed by atoms with van der Waals surface area (Å²) >= 11 is 1.77. The summed E-state index contributed by atoms with van der Waals surface area (Å²) in [6.45, 7) is 6.58. The van der Waals surface area contributed by atoms with Crippen molar-refractivity contribution in [1.82, 2.24) is 0 Å². The highest BCUT2D eigenvalue weighted by molar-refractivity contribution is 7.99. The van der Waals surface area contributed by atoms with Gasteiger partial charge in [-0.25, -0.2) is 0 Å². The Morgan fingerprint density at radius 3 is 2.68 bits per heavy atom. The number of aryl methyl sites for hydroxylation is 1. The molecule has 0 aliphatic carbocycles. The summed E-state index contributed by atoms with van der Waals surface area (Å²) in [6, 6.07) is 8.50. The minimum atomic E-state index is -0.174. The molecule has 0 aliphatic rings. The first kappa shape index (κ1) is 16.6. The minimum Gasteiger partial charge on any atom is -0.392 e. The Balaban J connectivity index is 2.32. The summed E-state index contributed by atoms with van der Waals surface area (Å²) in [7, 11) is 0. The van der Waals surface area contributed by atoms with Crippen molar-refractivity contribution in [3.8, 4) is 0 Å². The second-order valence-corrected chi connectivity index (χ2v) is 6.53. The van der Waals surface area contributed by atoms with Crippen LogP contribution < -0.4 is 0 Å². The van der Waals surface area contributed by atoms with E-state index in [9.17, 15) is 5.11 Å². The maximum absolute atomic E-state index is 10.2. The van der Waals surface area contributed by atoms with Gasteiger partial charge in [0.25, 0.3) is 0 Å². The van der Waals surface area contributed by atoms with Crippen LogP contribution in [0.1, 0.15) is 51.5 Å². The maximum atomic E-state index is 10.2. The third kappa shape index (κ3) is 7.03. The van der Waals surface area contributed by atoms with Gasteiger partial charge in [0.15, 0.2) is 0 Å². The first-order valence-corrected chi connectivity index (χ1v) is 8.51. The molecular formula is C17H28OS. The van der Waals surface area contributed by atoms with Crippen LogP contribution in [0.3, 0.4) is 0 Å². The van der Waals surface area contributed by atoms with Crippen LogP contribution >= 0.6 is 11.8 Å². The first-order chi connectivity index (χ1) is 9.15. The average molecular weight is 280 g/mol. The van der Waals surface area contributed by atoms with E-state index >= 15 is 0 Å². The third-order valence-corrected chi connectivity index (χ3v) is 4.72. The fraction of sp³-hybridized carbons (Fsp3) is 0.647. The van der Waals surface area contributed by atoms with E-state index in [1.54, 1.807) is 11.8 Å². The van der Waals surface area contributed by atoms with Crippen LogP contribution in [-0.2, 0) is 0 Å². The summed E-state index contributed by atoms with van der Waals surface area (Å²) < 4.78 is 0. The number of benzene rings is 1. The van der Waals surface area contributed by atoms with Gasteiger partial charge in [0.1, 0.15) is 0 Å². The molecule has 1 N–H and O–H groups in total. The second-order valence-electron chi connectivity index (χ2n) is 5.43. The molecule has 0 fully saturated rings. The largest absolute Gasteiger partial charge is 0.392 e. The summed E-state index contributed by atoms with van der Waals surface area (Å²) in [5.41, 5.74) is 1.29. The number of thioether (sulfide) groups is 1. The monoisotopic (exact) mass is 280 g/mol. The molecule has 2 heteroatoms. The molecule has 19 heavy (non-hydrogen) atoms. The van der Waals surface area contributed by atoms with Gasteiger partial charge in [0, 0.05) is 10.6 Å². The first-order valence-electron chi connectivity index (χ1n) is 7.53. The lowest BCUT2D eigenvalue weighted by Gasteiger charge is -2.18. The molecule has 1 nitrogen and oxygen atoms in total. The van der Waals surface area contributed by atoms with Gasteiger partial charge in [-0.15, -0.1) is 11.8 Å². The van der Waals surface area contributed by atoms with Crippen LogP contribution in [0.4, 0.5) is 0 Å². The zero-order valence-electron chi connectivity index (χ0n) is 12.6. The van der Waals surface area contributed by atoms with Gasteiger partial charge in [0.2, 0.25) is 0 Å². The number of aliphatic hydroxyl groups excluding tert-OH is 1. The van der Waals surface area contributed by atoms with Crippen LogP contribution in [0.15, 0.2) is 29.2 Å². The fourth-order valence-corrected chi connectivity index (χ4v) is 3.30. The summed E-state index contributed by atoms with van der Waals surface area (Å²) in [6.07, 6.45) is 5.77. The van der Waals surface area contributed by atoms with E-state index in [-0.39, 0.29) is 6.10 Å². The van der Waals surface area contributed by atoms with Crippen LogP contribution in [0.5, 0.6) is 0 Å². The molecule has 0 saturated carbocycles. The molecule has 0 spiro atoms. The van der Waals surface area contributed by atoms with Crippen molar-refractivity contribution in [2.24, 2.45) is 5.92 Å². The molecule has 0 amide bonds. The summed E-state index contributed by atoms with van der Waals surface area (Å²) in [4.78, 5) is 1.26. The quantitative estimate of drug-likeness (QED) is 0.638. The van der Waals surface area contributed by atoms with Gasteiger partial charge in [0.05, 0.1) is 6.10 Å². The molecule has 2 unspecified atom stereocenters. The van der Waals surface area contributed by atoms with Gasteiger partial charge >= 0.3 is 0 Å².